The summed E-state index contributed by atoms with van der Waals surface area (Å²) >= 11 is 5.25. The Morgan fingerprint density at radius 3 is 2.74 bits per heavy atom. The normalized spacial score (nSPS) is 12.2. The van der Waals surface area contributed by atoms with Gasteiger partial charge < -0.3 is 10.1 Å². The van der Waals surface area contributed by atoms with Crippen molar-refractivity contribution >= 4 is 33.0 Å². The third-order valence-corrected chi connectivity index (χ3v) is 4.64. The summed E-state index contributed by atoms with van der Waals surface area (Å²) in [7, 11) is 0. The van der Waals surface area contributed by atoms with Crippen molar-refractivity contribution in [3.05, 3.63) is 44.6 Å². The fraction of sp³-hybridized carbons (Fsp3) is 0.333. The van der Waals surface area contributed by atoms with Crippen LogP contribution in [0.25, 0.3) is 0 Å². The topological polar surface area (TPSA) is 21.3 Å². The molecule has 0 aliphatic carbocycles. The highest BCUT2D eigenvalue weighted by molar-refractivity contribution is 9.11. The Hall–Kier alpha value is -1.000. The molecule has 2 nitrogen and oxygen atoms in total. The van der Waals surface area contributed by atoms with Gasteiger partial charge in [0, 0.05) is 4.88 Å². The third-order valence-electron chi connectivity index (χ3n) is 2.83. The molecule has 102 valence electrons. The van der Waals surface area contributed by atoms with E-state index < -0.39 is 0 Å². The molecule has 0 bridgehead atoms. The highest BCUT2D eigenvalue weighted by Gasteiger charge is 2.11. The lowest BCUT2D eigenvalue weighted by Gasteiger charge is -2.17. The number of halogens is 1. The van der Waals surface area contributed by atoms with Gasteiger partial charge in [0.25, 0.3) is 0 Å². The van der Waals surface area contributed by atoms with Crippen LogP contribution < -0.4 is 10.1 Å². The van der Waals surface area contributed by atoms with E-state index in [0.29, 0.717) is 6.61 Å². The highest BCUT2D eigenvalue weighted by atomic mass is 79.9. The van der Waals surface area contributed by atoms with E-state index in [1.807, 2.05) is 6.92 Å². The van der Waals surface area contributed by atoms with Crippen molar-refractivity contribution in [2.75, 3.05) is 11.9 Å². The zero-order valence-electron chi connectivity index (χ0n) is 11.4. The van der Waals surface area contributed by atoms with Crippen LogP contribution in [0, 0.1) is 6.92 Å². The molecule has 1 heterocycles. The Balaban J connectivity index is 2.18. The molecule has 0 aliphatic rings. The molecule has 19 heavy (non-hydrogen) atoms. The minimum Gasteiger partial charge on any atom is -0.492 e. The number of rotatable bonds is 5. The average Bonchev–Trinajstić information content (AvgIpc) is 2.80. The number of thiophene rings is 1. The van der Waals surface area contributed by atoms with E-state index in [1.165, 1.54) is 10.4 Å². The van der Waals surface area contributed by atoms with Crippen LogP contribution in [0.15, 0.2) is 34.1 Å². The fourth-order valence-corrected chi connectivity index (χ4v) is 3.32. The van der Waals surface area contributed by atoms with Crippen LogP contribution in [0.5, 0.6) is 5.75 Å². The number of anilines is 1. The number of hydrogen-bond donors (Lipinski definition) is 1. The van der Waals surface area contributed by atoms with E-state index in [9.17, 15) is 0 Å². The summed E-state index contributed by atoms with van der Waals surface area (Å²) in [6.45, 7) is 6.92. The predicted octanol–water partition coefficient (Wildman–Crippen LogP) is 5.39. The van der Waals surface area contributed by atoms with Crippen LogP contribution in [0.1, 0.15) is 30.3 Å². The molecule has 2 aromatic rings. The van der Waals surface area contributed by atoms with Gasteiger partial charge in [0.2, 0.25) is 0 Å². The molecule has 0 radical (unpaired) electrons. The molecule has 2 rings (SSSR count). The van der Waals surface area contributed by atoms with Crippen molar-refractivity contribution in [3.63, 3.8) is 0 Å². The monoisotopic (exact) mass is 339 g/mol. The van der Waals surface area contributed by atoms with E-state index in [-0.39, 0.29) is 6.04 Å². The summed E-state index contributed by atoms with van der Waals surface area (Å²) in [5, 5.41) is 3.52. The van der Waals surface area contributed by atoms with Gasteiger partial charge in [-0.1, -0.05) is 6.07 Å². The fourth-order valence-electron chi connectivity index (χ4n) is 1.89. The van der Waals surface area contributed by atoms with E-state index >= 15 is 0 Å². The molecule has 0 amide bonds. The van der Waals surface area contributed by atoms with Gasteiger partial charge >= 0.3 is 0 Å². The largest absolute Gasteiger partial charge is 0.492 e. The zero-order valence-corrected chi connectivity index (χ0v) is 13.8. The van der Waals surface area contributed by atoms with Gasteiger partial charge in [0.05, 0.1) is 22.1 Å². The Morgan fingerprint density at radius 1 is 1.32 bits per heavy atom. The minimum atomic E-state index is 0.262. The van der Waals surface area contributed by atoms with Gasteiger partial charge in [0.15, 0.2) is 0 Å². The maximum absolute atomic E-state index is 5.69. The van der Waals surface area contributed by atoms with Crippen LogP contribution in [-0.2, 0) is 0 Å². The molecular formula is C15H18BrNOS. The standard InChI is InChI=1S/C15H18BrNOS/c1-4-18-13-9-10(2)5-6-12(13)17-11(3)14-7-8-15(16)19-14/h5-9,11,17H,4H2,1-3H3. The molecule has 1 N–H and O–H groups in total. The molecule has 0 aliphatic heterocycles. The van der Waals surface area contributed by atoms with Crippen LogP contribution in [-0.4, -0.2) is 6.61 Å². The molecule has 1 aromatic carbocycles. The zero-order chi connectivity index (χ0) is 13.8. The SMILES string of the molecule is CCOc1cc(C)ccc1NC(C)c1ccc(Br)s1. The van der Waals surface area contributed by atoms with Gasteiger partial charge in [-0.2, -0.15) is 0 Å². The molecule has 0 saturated heterocycles. The summed E-state index contributed by atoms with van der Waals surface area (Å²) < 4.78 is 6.85. The first-order chi connectivity index (χ1) is 9.10. The first kappa shape index (κ1) is 14.4. The van der Waals surface area contributed by atoms with E-state index in [0.717, 1.165) is 15.2 Å². The first-order valence-corrected chi connectivity index (χ1v) is 7.96. The molecule has 0 fully saturated rings. The lowest BCUT2D eigenvalue weighted by Crippen LogP contribution is -2.07. The second-order valence-corrected chi connectivity index (χ2v) is 6.94. The number of aryl methyl sites for hydroxylation is 1. The van der Waals surface area contributed by atoms with Crippen molar-refractivity contribution in [2.45, 2.75) is 26.8 Å². The number of benzene rings is 1. The van der Waals surface area contributed by atoms with E-state index in [2.05, 4.69) is 65.4 Å². The molecule has 1 unspecified atom stereocenters. The number of ether oxygens (including phenoxy) is 1. The Morgan fingerprint density at radius 2 is 2.11 bits per heavy atom. The maximum Gasteiger partial charge on any atom is 0.142 e. The van der Waals surface area contributed by atoms with Crippen LogP contribution in [0.3, 0.4) is 0 Å². The predicted molar refractivity (Wildman–Crippen MR) is 86.4 cm³/mol. The molecule has 4 heteroatoms. The lowest BCUT2D eigenvalue weighted by molar-refractivity contribution is 0.341. The average molecular weight is 340 g/mol. The molecule has 1 atom stereocenters. The summed E-state index contributed by atoms with van der Waals surface area (Å²) in [5.41, 5.74) is 2.25. The molecule has 0 spiro atoms. The van der Waals surface area contributed by atoms with Gasteiger partial charge in [-0.3, -0.25) is 0 Å². The summed E-state index contributed by atoms with van der Waals surface area (Å²) in [4.78, 5) is 1.30. The third kappa shape index (κ3) is 3.74. The second kappa shape index (κ2) is 6.44. The Kier molecular flexibility index (Phi) is 4.88. The van der Waals surface area contributed by atoms with Crippen LogP contribution >= 0.6 is 27.3 Å². The van der Waals surface area contributed by atoms with Gasteiger partial charge in [0.1, 0.15) is 5.75 Å². The van der Waals surface area contributed by atoms with Crippen molar-refractivity contribution < 1.29 is 4.74 Å². The molecule has 0 saturated carbocycles. The van der Waals surface area contributed by atoms with Crippen LogP contribution in [0.4, 0.5) is 5.69 Å². The number of hydrogen-bond acceptors (Lipinski definition) is 3. The van der Waals surface area contributed by atoms with Crippen molar-refractivity contribution in [1.82, 2.24) is 0 Å². The number of nitrogens with one attached hydrogen (secondary N) is 1. The lowest BCUT2D eigenvalue weighted by atomic mass is 10.2. The van der Waals surface area contributed by atoms with Gasteiger partial charge in [-0.25, -0.2) is 0 Å². The Bertz CT molecular complexity index is 553. The van der Waals surface area contributed by atoms with Crippen molar-refractivity contribution in [3.8, 4) is 5.75 Å². The van der Waals surface area contributed by atoms with Crippen molar-refractivity contribution in [2.24, 2.45) is 0 Å². The summed E-state index contributed by atoms with van der Waals surface area (Å²) in [6.07, 6.45) is 0. The second-order valence-electron chi connectivity index (χ2n) is 4.44. The minimum absolute atomic E-state index is 0.262. The van der Waals surface area contributed by atoms with Gasteiger partial charge in [-0.15, -0.1) is 11.3 Å². The van der Waals surface area contributed by atoms with Crippen molar-refractivity contribution in [1.29, 1.82) is 0 Å². The van der Waals surface area contributed by atoms with E-state index in [4.69, 9.17) is 4.74 Å². The van der Waals surface area contributed by atoms with E-state index in [1.54, 1.807) is 11.3 Å². The smallest absolute Gasteiger partial charge is 0.142 e. The maximum atomic E-state index is 5.69. The first-order valence-electron chi connectivity index (χ1n) is 6.35. The van der Waals surface area contributed by atoms with Crippen LogP contribution in [0.2, 0.25) is 0 Å². The summed E-state index contributed by atoms with van der Waals surface area (Å²) in [5.74, 6) is 0.921. The molecular weight excluding hydrogens is 322 g/mol. The van der Waals surface area contributed by atoms with Gasteiger partial charge in [-0.05, 0) is 66.5 Å². The summed E-state index contributed by atoms with van der Waals surface area (Å²) in [6, 6.07) is 10.7. The highest BCUT2D eigenvalue weighted by Crippen LogP contribution is 2.33. The molecule has 1 aromatic heterocycles. The quantitative estimate of drug-likeness (QED) is 0.788. The Labute approximate surface area is 126 Å².